The summed E-state index contributed by atoms with van der Waals surface area (Å²) in [4.78, 5) is 22.8. The summed E-state index contributed by atoms with van der Waals surface area (Å²) in [5, 5.41) is 12.2. The summed E-state index contributed by atoms with van der Waals surface area (Å²) in [6, 6.07) is 4.37. The maximum Gasteiger partial charge on any atom is 0.411 e. The molecule has 0 unspecified atom stereocenters. The van der Waals surface area contributed by atoms with Gasteiger partial charge in [-0.1, -0.05) is 19.9 Å². The molecule has 104 valence electrons. The quantitative estimate of drug-likeness (QED) is 0.646. The van der Waals surface area contributed by atoms with Gasteiger partial charge in [-0.2, -0.15) is 0 Å². The molecule has 0 heterocycles. The number of carbonyl (C=O) groups is 2. The molecular formula is C13H17NO5. The fraction of sp³-hybridized carbons (Fsp3) is 0.385. The van der Waals surface area contributed by atoms with Crippen LogP contribution in [-0.2, 0) is 9.47 Å². The van der Waals surface area contributed by atoms with E-state index in [1.54, 1.807) is 0 Å². The molecule has 0 fully saturated rings. The second kappa shape index (κ2) is 6.63. The molecule has 0 aromatic heterocycles. The molecule has 6 nitrogen and oxygen atoms in total. The van der Waals surface area contributed by atoms with E-state index in [4.69, 9.17) is 4.74 Å². The number of hydrogen-bond donors (Lipinski definition) is 2. The van der Waals surface area contributed by atoms with E-state index in [-0.39, 0.29) is 29.5 Å². The molecule has 19 heavy (non-hydrogen) atoms. The number of hydrogen-bond acceptors (Lipinski definition) is 5. The number of methoxy groups -OCH3 is 1. The minimum Gasteiger partial charge on any atom is -0.505 e. The van der Waals surface area contributed by atoms with E-state index in [9.17, 15) is 14.7 Å². The summed E-state index contributed by atoms with van der Waals surface area (Å²) >= 11 is 0. The van der Waals surface area contributed by atoms with Crippen LogP contribution >= 0.6 is 0 Å². The number of phenols is 1. The number of benzene rings is 1. The Labute approximate surface area is 111 Å². The van der Waals surface area contributed by atoms with Crippen LogP contribution in [0.5, 0.6) is 5.75 Å². The van der Waals surface area contributed by atoms with Crippen LogP contribution in [0.25, 0.3) is 0 Å². The Bertz CT molecular complexity index is 470. The monoisotopic (exact) mass is 267 g/mol. The van der Waals surface area contributed by atoms with Crippen molar-refractivity contribution in [3.05, 3.63) is 23.8 Å². The maximum atomic E-state index is 11.5. The molecule has 0 saturated carbocycles. The van der Waals surface area contributed by atoms with Crippen molar-refractivity contribution in [2.45, 2.75) is 13.8 Å². The van der Waals surface area contributed by atoms with Crippen molar-refractivity contribution < 1.29 is 24.2 Å². The number of carbonyl (C=O) groups excluding carboxylic acids is 2. The van der Waals surface area contributed by atoms with E-state index in [2.05, 4.69) is 10.1 Å². The van der Waals surface area contributed by atoms with E-state index < -0.39 is 12.1 Å². The Morgan fingerprint density at radius 1 is 1.37 bits per heavy atom. The largest absolute Gasteiger partial charge is 0.505 e. The number of aromatic hydroxyl groups is 1. The van der Waals surface area contributed by atoms with E-state index >= 15 is 0 Å². The van der Waals surface area contributed by atoms with E-state index in [1.807, 2.05) is 13.8 Å². The van der Waals surface area contributed by atoms with Crippen LogP contribution in [0.3, 0.4) is 0 Å². The molecule has 0 saturated heterocycles. The number of anilines is 1. The lowest BCUT2D eigenvalue weighted by Gasteiger charge is -2.11. The molecule has 0 aliphatic carbocycles. The van der Waals surface area contributed by atoms with Gasteiger partial charge in [0.1, 0.15) is 5.56 Å². The standard InChI is InChI=1S/C13H17NO5/c1-8(2)7-19-13(17)14-10-6-4-5-9(11(10)15)12(16)18-3/h4-6,8,15H,7H2,1-3H3,(H,14,17). The lowest BCUT2D eigenvalue weighted by atomic mass is 10.1. The number of nitrogens with one attached hydrogen (secondary N) is 1. The smallest absolute Gasteiger partial charge is 0.411 e. The fourth-order valence-electron chi connectivity index (χ4n) is 1.31. The minimum absolute atomic E-state index is 0.0239. The molecule has 6 heteroatoms. The van der Waals surface area contributed by atoms with E-state index in [0.29, 0.717) is 0 Å². The van der Waals surface area contributed by atoms with Crippen molar-refractivity contribution in [2.24, 2.45) is 5.92 Å². The van der Waals surface area contributed by atoms with E-state index in [1.165, 1.54) is 25.3 Å². The topological polar surface area (TPSA) is 84.9 Å². The highest BCUT2D eigenvalue weighted by Crippen LogP contribution is 2.28. The van der Waals surface area contributed by atoms with Gasteiger partial charge in [-0.3, -0.25) is 5.32 Å². The van der Waals surface area contributed by atoms with Crippen LogP contribution in [0.1, 0.15) is 24.2 Å². The predicted octanol–water partition coefficient (Wildman–Crippen LogP) is 2.38. The third-order valence-corrected chi connectivity index (χ3v) is 2.23. The minimum atomic E-state index is -0.689. The Kier molecular flexibility index (Phi) is 5.17. The fourth-order valence-corrected chi connectivity index (χ4v) is 1.31. The highest BCUT2D eigenvalue weighted by atomic mass is 16.5. The van der Waals surface area contributed by atoms with Gasteiger partial charge in [0.25, 0.3) is 0 Å². The molecule has 0 radical (unpaired) electrons. The summed E-state index contributed by atoms with van der Waals surface area (Å²) in [6.07, 6.45) is -0.689. The zero-order valence-electron chi connectivity index (χ0n) is 11.1. The average Bonchev–Trinajstić information content (AvgIpc) is 2.38. The van der Waals surface area contributed by atoms with Crippen LogP contribution in [0.2, 0.25) is 0 Å². The number of ether oxygens (including phenoxy) is 2. The second-order valence-corrected chi connectivity index (χ2v) is 4.31. The number of rotatable bonds is 4. The van der Waals surface area contributed by atoms with Gasteiger partial charge in [0.15, 0.2) is 5.75 Å². The third kappa shape index (κ3) is 4.17. The molecule has 0 bridgehead atoms. The van der Waals surface area contributed by atoms with Crippen molar-refractivity contribution in [3.8, 4) is 5.75 Å². The SMILES string of the molecule is COC(=O)c1cccc(NC(=O)OCC(C)C)c1O. The first-order valence-corrected chi connectivity index (χ1v) is 5.79. The summed E-state index contributed by atoms with van der Waals surface area (Å²) in [5.74, 6) is -0.826. The van der Waals surface area contributed by atoms with Crippen molar-refractivity contribution >= 4 is 17.7 Å². The molecule has 1 amide bonds. The second-order valence-electron chi connectivity index (χ2n) is 4.31. The Morgan fingerprint density at radius 2 is 2.05 bits per heavy atom. The highest BCUT2D eigenvalue weighted by molar-refractivity contribution is 5.97. The molecule has 0 spiro atoms. The molecule has 1 aromatic rings. The first-order chi connectivity index (χ1) is 8.95. The van der Waals surface area contributed by atoms with Crippen LogP contribution in [-0.4, -0.2) is 30.9 Å². The van der Waals surface area contributed by atoms with Gasteiger partial charge in [-0.15, -0.1) is 0 Å². The average molecular weight is 267 g/mol. The van der Waals surface area contributed by atoms with Crippen LogP contribution < -0.4 is 5.32 Å². The van der Waals surface area contributed by atoms with Crippen LogP contribution in [0, 0.1) is 5.92 Å². The molecule has 1 aromatic carbocycles. The summed E-state index contributed by atoms with van der Waals surface area (Å²) in [6.45, 7) is 4.08. The number of para-hydroxylation sites is 1. The highest BCUT2D eigenvalue weighted by Gasteiger charge is 2.16. The number of phenolic OH excluding ortho intramolecular Hbond substituents is 1. The number of esters is 1. The van der Waals surface area contributed by atoms with Gasteiger partial charge in [-0.05, 0) is 18.1 Å². The number of amides is 1. The molecule has 0 aliphatic heterocycles. The zero-order valence-corrected chi connectivity index (χ0v) is 11.1. The Balaban J connectivity index is 2.79. The van der Waals surface area contributed by atoms with Gasteiger partial charge in [0, 0.05) is 0 Å². The Morgan fingerprint density at radius 3 is 2.63 bits per heavy atom. The van der Waals surface area contributed by atoms with Gasteiger partial charge >= 0.3 is 12.1 Å². The Hall–Kier alpha value is -2.24. The van der Waals surface area contributed by atoms with Crippen molar-refractivity contribution in [1.29, 1.82) is 0 Å². The third-order valence-electron chi connectivity index (χ3n) is 2.23. The van der Waals surface area contributed by atoms with Crippen molar-refractivity contribution in [3.63, 3.8) is 0 Å². The molecule has 1 rings (SSSR count). The molecule has 0 aliphatic rings. The first-order valence-electron chi connectivity index (χ1n) is 5.79. The zero-order chi connectivity index (χ0) is 14.4. The van der Waals surface area contributed by atoms with Crippen LogP contribution in [0.4, 0.5) is 10.5 Å². The molecular weight excluding hydrogens is 250 g/mol. The van der Waals surface area contributed by atoms with Gasteiger partial charge in [0.05, 0.1) is 19.4 Å². The maximum absolute atomic E-state index is 11.5. The summed E-state index contributed by atoms with van der Waals surface area (Å²) in [5.41, 5.74) is 0.0702. The lowest BCUT2D eigenvalue weighted by Crippen LogP contribution is -2.17. The summed E-state index contributed by atoms with van der Waals surface area (Å²) < 4.78 is 9.42. The van der Waals surface area contributed by atoms with E-state index in [0.717, 1.165) is 0 Å². The summed E-state index contributed by atoms with van der Waals surface area (Å²) in [7, 11) is 1.21. The van der Waals surface area contributed by atoms with Gasteiger partial charge in [0.2, 0.25) is 0 Å². The predicted molar refractivity (Wildman–Crippen MR) is 69.3 cm³/mol. The molecule has 0 atom stereocenters. The van der Waals surface area contributed by atoms with Gasteiger partial charge < -0.3 is 14.6 Å². The first kappa shape index (κ1) is 14.8. The van der Waals surface area contributed by atoms with Crippen molar-refractivity contribution in [1.82, 2.24) is 0 Å². The lowest BCUT2D eigenvalue weighted by molar-refractivity contribution is 0.0597. The van der Waals surface area contributed by atoms with Crippen molar-refractivity contribution in [2.75, 3.05) is 19.0 Å². The molecule has 2 N–H and O–H groups in total. The normalized spacial score (nSPS) is 10.1. The van der Waals surface area contributed by atoms with Gasteiger partial charge in [-0.25, -0.2) is 9.59 Å². The van der Waals surface area contributed by atoms with Crippen LogP contribution in [0.15, 0.2) is 18.2 Å².